The number of nitriles is 1. The zero-order chi connectivity index (χ0) is 14.7. The van der Waals surface area contributed by atoms with Crippen LogP contribution in [0, 0.1) is 17.2 Å². The van der Waals surface area contributed by atoms with Crippen molar-refractivity contribution in [2.24, 2.45) is 5.92 Å². The summed E-state index contributed by atoms with van der Waals surface area (Å²) >= 11 is 0. The van der Waals surface area contributed by atoms with E-state index >= 15 is 0 Å². The SMILES string of the molecule is CC(CC#N)Cc1nc(-c2ccc3nccnc3c2)no1. The van der Waals surface area contributed by atoms with Gasteiger partial charge in [-0.15, -0.1) is 0 Å². The van der Waals surface area contributed by atoms with Crippen LogP contribution in [0.25, 0.3) is 22.4 Å². The molecule has 0 saturated carbocycles. The van der Waals surface area contributed by atoms with Gasteiger partial charge in [0.1, 0.15) is 0 Å². The second kappa shape index (κ2) is 5.67. The number of benzene rings is 1. The Kier molecular flexibility index (Phi) is 3.56. The Morgan fingerprint density at radius 1 is 1.24 bits per heavy atom. The Hall–Kier alpha value is -2.81. The van der Waals surface area contributed by atoms with Gasteiger partial charge in [0.05, 0.1) is 17.1 Å². The first-order chi connectivity index (χ1) is 10.3. The molecule has 1 unspecified atom stereocenters. The van der Waals surface area contributed by atoms with Crippen molar-refractivity contribution in [2.45, 2.75) is 19.8 Å². The lowest BCUT2D eigenvalue weighted by Gasteiger charge is -2.00. The van der Waals surface area contributed by atoms with E-state index in [0.29, 0.717) is 24.6 Å². The maximum atomic E-state index is 8.67. The summed E-state index contributed by atoms with van der Waals surface area (Å²) in [5.41, 5.74) is 2.46. The lowest BCUT2D eigenvalue weighted by Crippen LogP contribution is -1.98. The third-order valence-electron chi connectivity index (χ3n) is 3.16. The fraction of sp³-hybridized carbons (Fsp3) is 0.267. The minimum Gasteiger partial charge on any atom is -0.339 e. The highest BCUT2D eigenvalue weighted by Gasteiger charge is 2.12. The molecule has 0 amide bonds. The Morgan fingerprint density at radius 3 is 2.86 bits per heavy atom. The smallest absolute Gasteiger partial charge is 0.227 e. The predicted molar refractivity (Wildman–Crippen MR) is 75.9 cm³/mol. The number of fused-ring (bicyclic) bond motifs is 1. The highest BCUT2D eigenvalue weighted by molar-refractivity contribution is 5.79. The molecule has 0 N–H and O–H groups in total. The van der Waals surface area contributed by atoms with Crippen LogP contribution in [-0.4, -0.2) is 20.1 Å². The van der Waals surface area contributed by atoms with Crippen LogP contribution in [0.1, 0.15) is 19.2 Å². The van der Waals surface area contributed by atoms with Gasteiger partial charge in [-0.2, -0.15) is 10.2 Å². The average Bonchev–Trinajstić information content (AvgIpc) is 2.95. The van der Waals surface area contributed by atoms with Crippen molar-refractivity contribution in [3.8, 4) is 17.5 Å². The molecule has 1 atom stereocenters. The van der Waals surface area contributed by atoms with Crippen molar-refractivity contribution >= 4 is 11.0 Å². The standard InChI is InChI=1S/C15H13N5O/c1-10(4-5-16)8-14-19-15(20-21-14)11-2-3-12-13(9-11)18-7-6-17-12/h2-3,6-7,9-10H,4,8H2,1H3. The van der Waals surface area contributed by atoms with E-state index in [0.717, 1.165) is 16.6 Å². The van der Waals surface area contributed by atoms with Crippen LogP contribution in [0.4, 0.5) is 0 Å². The quantitative estimate of drug-likeness (QED) is 0.729. The molecule has 0 bridgehead atoms. The largest absolute Gasteiger partial charge is 0.339 e. The van der Waals surface area contributed by atoms with Crippen LogP contribution >= 0.6 is 0 Å². The molecule has 1 aromatic carbocycles. The van der Waals surface area contributed by atoms with Gasteiger partial charge in [-0.1, -0.05) is 12.1 Å². The van der Waals surface area contributed by atoms with Crippen molar-refractivity contribution in [2.75, 3.05) is 0 Å². The summed E-state index contributed by atoms with van der Waals surface area (Å²) in [6.45, 7) is 1.98. The molecule has 0 fully saturated rings. The third-order valence-corrected chi connectivity index (χ3v) is 3.16. The first-order valence-electron chi connectivity index (χ1n) is 6.67. The van der Waals surface area contributed by atoms with Gasteiger partial charge in [-0.3, -0.25) is 9.97 Å². The maximum absolute atomic E-state index is 8.67. The number of nitrogens with zero attached hydrogens (tertiary/aromatic N) is 5. The molecule has 0 saturated heterocycles. The zero-order valence-corrected chi connectivity index (χ0v) is 11.5. The van der Waals surface area contributed by atoms with E-state index in [2.05, 4.69) is 26.2 Å². The molecule has 104 valence electrons. The summed E-state index contributed by atoms with van der Waals surface area (Å²) < 4.78 is 5.24. The summed E-state index contributed by atoms with van der Waals surface area (Å²) in [6.07, 6.45) is 4.39. The Morgan fingerprint density at radius 2 is 2.05 bits per heavy atom. The second-order valence-electron chi connectivity index (χ2n) is 4.94. The van der Waals surface area contributed by atoms with Gasteiger partial charge in [0, 0.05) is 30.8 Å². The number of hydrogen-bond donors (Lipinski definition) is 0. The van der Waals surface area contributed by atoms with E-state index in [1.165, 1.54) is 0 Å². The normalized spacial score (nSPS) is 12.2. The minimum absolute atomic E-state index is 0.200. The summed E-state index contributed by atoms with van der Waals surface area (Å²) in [4.78, 5) is 12.9. The monoisotopic (exact) mass is 279 g/mol. The van der Waals surface area contributed by atoms with Crippen LogP contribution in [0.15, 0.2) is 35.1 Å². The highest BCUT2D eigenvalue weighted by Crippen LogP contribution is 2.21. The molecule has 0 spiro atoms. The van der Waals surface area contributed by atoms with Gasteiger partial charge in [0.2, 0.25) is 11.7 Å². The Balaban J connectivity index is 1.86. The topological polar surface area (TPSA) is 88.5 Å². The third kappa shape index (κ3) is 2.87. The highest BCUT2D eigenvalue weighted by atomic mass is 16.5. The number of hydrogen-bond acceptors (Lipinski definition) is 6. The molecule has 0 aliphatic carbocycles. The summed E-state index contributed by atoms with van der Waals surface area (Å²) in [5, 5.41) is 12.7. The molecular formula is C15H13N5O. The number of aromatic nitrogens is 4. The van der Waals surface area contributed by atoms with Gasteiger partial charge < -0.3 is 4.52 Å². The van der Waals surface area contributed by atoms with E-state index in [-0.39, 0.29) is 5.92 Å². The Labute approximate surface area is 121 Å². The van der Waals surface area contributed by atoms with Crippen molar-refractivity contribution in [3.63, 3.8) is 0 Å². The molecule has 6 nitrogen and oxygen atoms in total. The molecular weight excluding hydrogens is 266 g/mol. The summed E-state index contributed by atoms with van der Waals surface area (Å²) in [7, 11) is 0. The fourth-order valence-corrected chi connectivity index (χ4v) is 2.08. The molecule has 21 heavy (non-hydrogen) atoms. The van der Waals surface area contributed by atoms with Gasteiger partial charge >= 0.3 is 0 Å². The van der Waals surface area contributed by atoms with Crippen molar-refractivity contribution in [1.82, 2.24) is 20.1 Å². The zero-order valence-electron chi connectivity index (χ0n) is 11.5. The lowest BCUT2D eigenvalue weighted by atomic mass is 10.1. The summed E-state index contributed by atoms with van der Waals surface area (Å²) in [5.74, 6) is 1.28. The van der Waals surface area contributed by atoms with Gasteiger partial charge in [-0.05, 0) is 24.1 Å². The molecule has 3 aromatic rings. The van der Waals surface area contributed by atoms with Gasteiger partial charge in [-0.25, -0.2) is 0 Å². The van der Waals surface area contributed by atoms with Crippen molar-refractivity contribution in [1.29, 1.82) is 5.26 Å². The average molecular weight is 279 g/mol. The summed E-state index contributed by atoms with van der Waals surface area (Å²) in [6, 6.07) is 7.80. The van der Waals surface area contributed by atoms with Crippen molar-refractivity contribution in [3.05, 3.63) is 36.5 Å². The molecule has 0 aliphatic heterocycles. The Bertz CT molecular complexity index is 805. The van der Waals surface area contributed by atoms with Crippen LogP contribution in [0.5, 0.6) is 0 Å². The molecule has 3 rings (SSSR count). The minimum atomic E-state index is 0.200. The van der Waals surface area contributed by atoms with E-state index in [1.54, 1.807) is 12.4 Å². The molecule has 0 aliphatic rings. The van der Waals surface area contributed by atoms with Crippen LogP contribution in [-0.2, 0) is 6.42 Å². The first kappa shape index (κ1) is 13.2. The van der Waals surface area contributed by atoms with E-state index in [1.807, 2.05) is 25.1 Å². The van der Waals surface area contributed by atoms with E-state index in [9.17, 15) is 0 Å². The first-order valence-corrected chi connectivity index (χ1v) is 6.67. The second-order valence-corrected chi connectivity index (χ2v) is 4.94. The fourth-order valence-electron chi connectivity index (χ4n) is 2.08. The van der Waals surface area contributed by atoms with Crippen LogP contribution in [0.2, 0.25) is 0 Å². The molecule has 2 heterocycles. The van der Waals surface area contributed by atoms with Crippen LogP contribution < -0.4 is 0 Å². The predicted octanol–water partition coefficient (Wildman–Crippen LogP) is 2.77. The molecule has 2 aromatic heterocycles. The van der Waals surface area contributed by atoms with Gasteiger partial charge in [0.15, 0.2) is 0 Å². The lowest BCUT2D eigenvalue weighted by molar-refractivity contribution is 0.359. The van der Waals surface area contributed by atoms with E-state index < -0.39 is 0 Å². The van der Waals surface area contributed by atoms with E-state index in [4.69, 9.17) is 9.78 Å². The van der Waals surface area contributed by atoms with Crippen LogP contribution in [0.3, 0.4) is 0 Å². The van der Waals surface area contributed by atoms with Gasteiger partial charge in [0.25, 0.3) is 0 Å². The molecule has 0 radical (unpaired) electrons. The molecule has 6 heteroatoms. The number of rotatable bonds is 4. The van der Waals surface area contributed by atoms with Crippen molar-refractivity contribution < 1.29 is 4.52 Å². The maximum Gasteiger partial charge on any atom is 0.227 e.